The van der Waals surface area contributed by atoms with Crippen LogP contribution in [0.15, 0.2) is 72.5 Å². The summed E-state index contributed by atoms with van der Waals surface area (Å²) in [4.78, 5) is 0. The highest BCUT2D eigenvalue weighted by molar-refractivity contribution is 7.47. The largest absolute Gasteiger partial charge is 0.507 e. The van der Waals surface area contributed by atoms with E-state index in [9.17, 15) is 10.2 Å². The fourth-order valence-electron chi connectivity index (χ4n) is 3.29. The van der Waals surface area contributed by atoms with Gasteiger partial charge in [0.1, 0.15) is 18.1 Å². The smallest absolute Gasteiger partial charge is 0.123 e. The summed E-state index contributed by atoms with van der Waals surface area (Å²) in [7, 11) is 0.409. The molecule has 0 bridgehead atoms. The lowest BCUT2D eigenvalue weighted by molar-refractivity contribution is 0.0907. The molecule has 0 aromatic heterocycles. The molecule has 0 amide bonds. The molecule has 0 aliphatic heterocycles. The van der Waals surface area contributed by atoms with Crippen LogP contribution in [-0.2, 0) is 4.74 Å². The normalized spacial score (nSPS) is 20.1. The Morgan fingerprint density at radius 2 is 1.81 bits per heavy atom. The molecule has 3 rings (SSSR count). The van der Waals surface area contributed by atoms with Gasteiger partial charge in [0.15, 0.2) is 0 Å². The average molecular weight is 435 g/mol. The molecular weight excluding hydrogens is 403 g/mol. The van der Waals surface area contributed by atoms with Gasteiger partial charge in [0.2, 0.25) is 0 Å². The van der Waals surface area contributed by atoms with Crippen LogP contribution in [0.4, 0.5) is 0 Å². The molecule has 0 fully saturated rings. The number of hydrogen-bond acceptors (Lipinski definition) is 3. The number of aliphatic hydroxyl groups excluding tert-OH is 1. The highest BCUT2D eigenvalue weighted by Crippen LogP contribution is 2.31. The van der Waals surface area contributed by atoms with Crippen LogP contribution in [0.5, 0.6) is 5.75 Å². The first-order chi connectivity index (χ1) is 14.8. The standard InChI is InChI=1S/C27H31O3P/c1-27(2,3)20-10-4-5-11-22(17-16-20)30-18-21(28)19-31-26-15-9-7-13-24(26)23-12-6-8-14-25(23)29/h6-9,11-17,20-21,28-29,31H,5,18-19H2,1-3H3/b17-16-,22-11+. The van der Waals surface area contributed by atoms with E-state index in [4.69, 9.17) is 4.74 Å². The van der Waals surface area contributed by atoms with Crippen molar-refractivity contribution >= 4 is 13.9 Å². The minimum absolute atomic E-state index is 0.0766. The molecule has 0 spiro atoms. The van der Waals surface area contributed by atoms with Crippen LogP contribution in [0.2, 0.25) is 0 Å². The highest BCUT2D eigenvalue weighted by atomic mass is 31.1. The molecule has 162 valence electrons. The zero-order chi connectivity index (χ0) is 22.3. The van der Waals surface area contributed by atoms with Crippen molar-refractivity contribution in [3.8, 4) is 28.7 Å². The van der Waals surface area contributed by atoms with E-state index >= 15 is 0 Å². The molecule has 3 atom stereocenters. The van der Waals surface area contributed by atoms with E-state index in [0.29, 0.717) is 21.2 Å². The lowest BCUT2D eigenvalue weighted by Gasteiger charge is -2.24. The monoisotopic (exact) mass is 434 g/mol. The van der Waals surface area contributed by atoms with Crippen molar-refractivity contribution in [2.75, 3.05) is 12.8 Å². The van der Waals surface area contributed by atoms with Crippen LogP contribution in [-0.4, -0.2) is 29.1 Å². The van der Waals surface area contributed by atoms with Crippen molar-refractivity contribution in [1.29, 1.82) is 0 Å². The van der Waals surface area contributed by atoms with Crippen molar-refractivity contribution in [1.82, 2.24) is 0 Å². The third-order valence-corrected chi connectivity index (χ3v) is 6.63. The topological polar surface area (TPSA) is 49.7 Å². The van der Waals surface area contributed by atoms with Crippen molar-refractivity contribution in [2.24, 2.45) is 11.3 Å². The summed E-state index contributed by atoms with van der Waals surface area (Å²) < 4.78 is 5.88. The van der Waals surface area contributed by atoms with Gasteiger partial charge in [0, 0.05) is 17.9 Å². The van der Waals surface area contributed by atoms with E-state index in [1.165, 1.54) is 0 Å². The molecule has 1 aliphatic carbocycles. The van der Waals surface area contributed by atoms with Crippen LogP contribution < -0.4 is 5.30 Å². The molecule has 4 heteroatoms. The second-order valence-corrected chi connectivity index (χ2v) is 10.0. The molecule has 1 aliphatic rings. The Balaban J connectivity index is 1.58. The maximum absolute atomic E-state index is 10.5. The number of hydrogen-bond donors (Lipinski definition) is 2. The zero-order valence-corrected chi connectivity index (χ0v) is 19.4. The Kier molecular flexibility index (Phi) is 7.97. The number of phenols is 1. The molecular formula is C27H31O3P. The number of aliphatic hydroxyl groups is 1. The van der Waals surface area contributed by atoms with Gasteiger partial charge in [-0.25, -0.2) is 0 Å². The summed E-state index contributed by atoms with van der Waals surface area (Å²) in [5.74, 6) is 7.71. The van der Waals surface area contributed by atoms with Gasteiger partial charge in [-0.15, -0.1) is 0 Å². The number of aromatic hydroxyl groups is 1. The molecule has 2 aromatic carbocycles. The Labute approximate surface area is 187 Å². The van der Waals surface area contributed by atoms with Crippen molar-refractivity contribution in [3.63, 3.8) is 0 Å². The Bertz CT molecular complexity index is 1000. The van der Waals surface area contributed by atoms with E-state index in [1.807, 2.05) is 48.6 Å². The summed E-state index contributed by atoms with van der Waals surface area (Å²) in [5.41, 5.74) is 1.90. The fourth-order valence-corrected chi connectivity index (χ4v) is 4.49. The summed E-state index contributed by atoms with van der Waals surface area (Å²) in [5, 5.41) is 21.9. The fraction of sp³-hybridized carbons (Fsp3) is 0.333. The summed E-state index contributed by atoms with van der Waals surface area (Å²) >= 11 is 0. The van der Waals surface area contributed by atoms with Gasteiger partial charge >= 0.3 is 0 Å². The quantitative estimate of drug-likeness (QED) is 0.462. The van der Waals surface area contributed by atoms with Crippen LogP contribution in [0.3, 0.4) is 0 Å². The first-order valence-electron chi connectivity index (χ1n) is 10.6. The maximum Gasteiger partial charge on any atom is 0.123 e. The van der Waals surface area contributed by atoms with E-state index in [2.05, 4.69) is 44.8 Å². The van der Waals surface area contributed by atoms with E-state index in [1.54, 1.807) is 6.07 Å². The lowest BCUT2D eigenvalue weighted by Crippen LogP contribution is -2.19. The van der Waals surface area contributed by atoms with Gasteiger partial charge < -0.3 is 14.9 Å². The van der Waals surface area contributed by atoms with Crippen LogP contribution >= 0.6 is 8.58 Å². The predicted molar refractivity (Wildman–Crippen MR) is 131 cm³/mol. The lowest BCUT2D eigenvalue weighted by atomic mass is 9.80. The molecule has 0 saturated heterocycles. The van der Waals surface area contributed by atoms with Gasteiger partial charge in [-0.1, -0.05) is 89.7 Å². The van der Waals surface area contributed by atoms with E-state index in [0.717, 1.165) is 22.2 Å². The Hall–Kier alpha value is -2.53. The number of para-hydroxylation sites is 1. The number of benzene rings is 2. The van der Waals surface area contributed by atoms with Crippen LogP contribution in [0, 0.1) is 23.2 Å². The molecule has 3 unspecified atom stereocenters. The number of ether oxygens (including phenoxy) is 1. The Morgan fingerprint density at radius 1 is 1.10 bits per heavy atom. The third kappa shape index (κ3) is 6.73. The van der Waals surface area contributed by atoms with Gasteiger partial charge in [0.25, 0.3) is 0 Å². The first kappa shape index (κ1) is 23.1. The van der Waals surface area contributed by atoms with Crippen molar-refractivity contribution in [2.45, 2.75) is 33.3 Å². The minimum Gasteiger partial charge on any atom is -0.507 e. The van der Waals surface area contributed by atoms with Crippen molar-refractivity contribution in [3.05, 3.63) is 72.5 Å². The van der Waals surface area contributed by atoms with Crippen LogP contribution in [0.25, 0.3) is 11.1 Å². The van der Waals surface area contributed by atoms with E-state index in [-0.39, 0.29) is 23.7 Å². The van der Waals surface area contributed by atoms with Gasteiger partial charge in [-0.2, -0.15) is 0 Å². The molecule has 0 heterocycles. The van der Waals surface area contributed by atoms with Gasteiger partial charge in [0.05, 0.1) is 6.10 Å². The molecule has 0 radical (unpaired) electrons. The molecule has 0 saturated carbocycles. The van der Waals surface area contributed by atoms with Gasteiger partial charge in [-0.05, 0) is 40.7 Å². The Morgan fingerprint density at radius 3 is 2.55 bits per heavy atom. The molecule has 3 nitrogen and oxygen atoms in total. The summed E-state index contributed by atoms with van der Waals surface area (Å²) in [6, 6.07) is 15.4. The molecule has 2 aromatic rings. The molecule has 31 heavy (non-hydrogen) atoms. The maximum atomic E-state index is 10.5. The van der Waals surface area contributed by atoms with E-state index < -0.39 is 6.10 Å². The second-order valence-electron chi connectivity index (χ2n) is 8.74. The summed E-state index contributed by atoms with van der Waals surface area (Å²) in [6.45, 7) is 6.79. The highest BCUT2D eigenvalue weighted by Gasteiger charge is 2.20. The first-order valence-corrected chi connectivity index (χ1v) is 11.8. The predicted octanol–water partition coefficient (Wildman–Crippen LogP) is 5.25. The van der Waals surface area contributed by atoms with Crippen molar-refractivity contribution < 1.29 is 14.9 Å². The second kappa shape index (κ2) is 10.7. The minimum atomic E-state index is -0.569. The third-order valence-electron chi connectivity index (χ3n) is 5.14. The SMILES string of the molecule is CC(C)(C)C1C#CC/C=C(OCC(O)CPc2ccccc2-c2ccccc2O)\C=C/1. The molecule has 2 N–H and O–H groups in total. The number of rotatable bonds is 7. The van der Waals surface area contributed by atoms with Crippen LogP contribution in [0.1, 0.15) is 27.2 Å². The zero-order valence-electron chi connectivity index (χ0n) is 18.4. The number of phenolic OH excluding ortho intramolecular Hbond substituents is 1. The average Bonchev–Trinajstić information content (AvgIpc) is 2.71. The summed E-state index contributed by atoms with van der Waals surface area (Å²) in [6.07, 6.45) is 6.72. The van der Waals surface area contributed by atoms with Gasteiger partial charge in [-0.3, -0.25) is 0 Å². The number of allylic oxidation sites excluding steroid dienone is 3.